The van der Waals surface area contributed by atoms with Gasteiger partial charge in [0.2, 0.25) is 0 Å². The molecular formula is C22H31FO3S. The second-order valence-electron chi connectivity index (χ2n) is 9.93. The second-order valence-corrected chi connectivity index (χ2v) is 10.8. The molecule has 0 heterocycles. The Balaban J connectivity index is 1.70. The lowest BCUT2D eigenvalue weighted by atomic mass is 9.46. The zero-order valence-electron chi connectivity index (χ0n) is 16.5. The Morgan fingerprint density at radius 2 is 2.11 bits per heavy atom. The van der Waals surface area contributed by atoms with Crippen molar-refractivity contribution in [2.45, 2.75) is 65.4 Å². The van der Waals surface area contributed by atoms with Gasteiger partial charge in [-0.25, -0.2) is 4.39 Å². The molecule has 0 amide bonds. The maximum Gasteiger partial charge on any atom is 0.195 e. The molecule has 0 bridgehead atoms. The Kier molecular flexibility index (Phi) is 4.86. The fourth-order valence-electron chi connectivity index (χ4n) is 7.70. The second kappa shape index (κ2) is 6.69. The predicted molar refractivity (Wildman–Crippen MR) is 105 cm³/mol. The molecular weight excluding hydrogens is 363 g/mol. The van der Waals surface area contributed by atoms with Crippen molar-refractivity contribution in [3.63, 3.8) is 0 Å². The molecule has 4 aliphatic rings. The Bertz CT molecular complexity index is 691. The van der Waals surface area contributed by atoms with Gasteiger partial charge < -0.3 is 5.11 Å². The van der Waals surface area contributed by atoms with E-state index >= 15 is 0 Å². The van der Waals surface area contributed by atoms with Crippen LogP contribution in [0.5, 0.6) is 0 Å². The van der Waals surface area contributed by atoms with Crippen LogP contribution in [0.1, 0.15) is 59.3 Å². The summed E-state index contributed by atoms with van der Waals surface area (Å²) in [5.74, 6) is 1.22. The average Bonchev–Trinajstić information content (AvgIpc) is 2.85. The average molecular weight is 395 g/mol. The molecule has 0 saturated heterocycles. The van der Waals surface area contributed by atoms with Crippen molar-refractivity contribution in [2.75, 3.05) is 6.01 Å². The lowest BCUT2D eigenvalue weighted by molar-refractivity contribution is -0.141. The van der Waals surface area contributed by atoms with Crippen molar-refractivity contribution in [3.05, 3.63) is 11.6 Å². The van der Waals surface area contributed by atoms with Crippen molar-refractivity contribution in [1.82, 2.24) is 0 Å². The molecule has 8 atom stereocenters. The van der Waals surface area contributed by atoms with Crippen LogP contribution in [0, 0.1) is 40.4 Å². The Labute approximate surface area is 165 Å². The molecule has 4 aliphatic carbocycles. The number of carbonyl (C=O) groups excluding carboxylic acids is 2. The van der Waals surface area contributed by atoms with E-state index in [1.807, 2.05) is 6.08 Å². The number of alkyl halides is 1. The van der Waals surface area contributed by atoms with E-state index in [0.29, 0.717) is 24.7 Å². The van der Waals surface area contributed by atoms with Crippen LogP contribution in [0.25, 0.3) is 0 Å². The Morgan fingerprint density at radius 3 is 2.81 bits per heavy atom. The summed E-state index contributed by atoms with van der Waals surface area (Å²) in [5.41, 5.74) is 0.882. The lowest BCUT2D eigenvalue weighted by Crippen LogP contribution is -2.57. The van der Waals surface area contributed by atoms with Crippen LogP contribution in [-0.4, -0.2) is 28.1 Å². The minimum Gasteiger partial charge on any atom is -0.393 e. The Hall–Kier alpha value is -0.680. The number of carbonyl (C=O) groups is 2. The first-order chi connectivity index (χ1) is 12.7. The lowest BCUT2D eigenvalue weighted by Gasteiger charge is -2.59. The van der Waals surface area contributed by atoms with Gasteiger partial charge in [-0.15, -0.1) is 0 Å². The summed E-state index contributed by atoms with van der Waals surface area (Å²) in [6.07, 6.45) is 6.30. The van der Waals surface area contributed by atoms with Gasteiger partial charge in [-0.05, 0) is 72.7 Å². The summed E-state index contributed by atoms with van der Waals surface area (Å²) in [7, 11) is 0. The number of thioether (sulfide) groups is 1. The first-order valence-corrected chi connectivity index (χ1v) is 11.4. The molecule has 27 heavy (non-hydrogen) atoms. The highest BCUT2D eigenvalue weighted by molar-refractivity contribution is 8.13. The van der Waals surface area contributed by atoms with Crippen molar-refractivity contribution >= 4 is 22.7 Å². The summed E-state index contributed by atoms with van der Waals surface area (Å²) >= 11 is 0.801. The number of hydrogen-bond donors (Lipinski definition) is 1. The first kappa shape index (κ1) is 19.6. The maximum absolute atomic E-state index is 12.8. The summed E-state index contributed by atoms with van der Waals surface area (Å²) in [5, 5.41) is 11.3. The van der Waals surface area contributed by atoms with Gasteiger partial charge in [-0.1, -0.05) is 38.1 Å². The fraction of sp³-hybridized carbons (Fsp3) is 0.818. The van der Waals surface area contributed by atoms with Crippen LogP contribution >= 0.6 is 11.8 Å². The number of hydrogen-bond acceptors (Lipinski definition) is 4. The van der Waals surface area contributed by atoms with E-state index in [-0.39, 0.29) is 39.5 Å². The van der Waals surface area contributed by atoms with Crippen LogP contribution in [0.3, 0.4) is 0 Å². The third kappa shape index (κ3) is 2.78. The highest BCUT2D eigenvalue weighted by atomic mass is 32.2. The van der Waals surface area contributed by atoms with Crippen molar-refractivity contribution in [2.24, 2.45) is 40.4 Å². The molecule has 0 radical (unpaired) electrons. The van der Waals surface area contributed by atoms with Crippen LogP contribution < -0.4 is 0 Å². The van der Waals surface area contributed by atoms with Gasteiger partial charge in [-0.3, -0.25) is 9.59 Å². The zero-order chi connectivity index (χ0) is 19.6. The third-order valence-electron chi connectivity index (χ3n) is 8.69. The molecule has 5 heteroatoms. The van der Waals surface area contributed by atoms with Crippen molar-refractivity contribution in [3.8, 4) is 0 Å². The topological polar surface area (TPSA) is 54.4 Å². The van der Waals surface area contributed by atoms with E-state index in [1.165, 1.54) is 5.57 Å². The molecule has 0 unspecified atom stereocenters. The van der Waals surface area contributed by atoms with Gasteiger partial charge >= 0.3 is 0 Å². The van der Waals surface area contributed by atoms with Crippen LogP contribution in [-0.2, 0) is 9.59 Å². The summed E-state index contributed by atoms with van der Waals surface area (Å²) in [4.78, 5) is 24.7. The van der Waals surface area contributed by atoms with Crippen LogP contribution in [0.15, 0.2) is 11.6 Å². The minimum atomic E-state index is -0.669. The molecule has 0 spiro atoms. The van der Waals surface area contributed by atoms with Gasteiger partial charge in [0.15, 0.2) is 10.9 Å². The van der Waals surface area contributed by atoms with Gasteiger partial charge in [0.25, 0.3) is 0 Å². The highest BCUT2D eigenvalue weighted by Gasteiger charge is 2.64. The largest absolute Gasteiger partial charge is 0.393 e. The standard InChI is InChI=1S/C22H31FO3S/c1-12-8-16-15-5-4-13-9-14(24)6-7-21(13,2)19(15)17(25)10-22(16,3)18(12)20(26)27-11-23/h9,12,15-19,25H,4-8,10-11H2,1-3H3/t12-,15+,16+,17+,18-,19-,21+,22+/m1/s1. The van der Waals surface area contributed by atoms with Crippen LogP contribution in [0.2, 0.25) is 0 Å². The zero-order valence-corrected chi connectivity index (χ0v) is 17.4. The molecule has 0 aliphatic heterocycles. The normalized spacial score (nSPS) is 49.1. The Morgan fingerprint density at radius 1 is 1.37 bits per heavy atom. The van der Waals surface area contributed by atoms with Crippen molar-refractivity contribution in [1.29, 1.82) is 0 Å². The van der Waals surface area contributed by atoms with Gasteiger partial charge in [0.05, 0.1) is 6.10 Å². The molecule has 3 fully saturated rings. The number of halogens is 1. The van der Waals surface area contributed by atoms with E-state index in [9.17, 15) is 19.1 Å². The number of ketones is 1. The molecule has 4 rings (SSSR count). The minimum absolute atomic E-state index is 0.0356. The molecule has 3 saturated carbocycles. The highest BCUT2D eigenvalue weighted by Crippen LogP contribution is 2.68. The third-order valence-corrected chi connectivity index (χ3v) is 9.33. The van der Waals surface area contributed by atoms with Gasteiger partial charge in [0.1, 0.15) is 6.01 Å². The van der Waals surface area contributed by atoms with E-state index in [0.717, 1.165) is 37.4 Å². The molecule has 0 aromatic carbocycles. The van der Waals surface area contributed by atoms with E-state index in [1.54, 1.807) is 0 Å². The smallest absolute Gasteiger partial charge is 0.195 e. The first-order valence-electron chi connectivity index (χ1n) is 10.4. The molecule has 150 valence electrons. The number of fused-ring (bicyclic) bond motifs is 5. The van der Waals surface area contributed by atoms with E-state index in [4.69, 9.17) is 0 Å². The monoisotopic (exact) mass is 394 g/mol. The van der Waals surface area contributed by atoms with Crippen LogP contribution in [0.4, 0.5) is 4.39 Å². The number of aliphatic hydroxyl groups is 1. The number of aliphatic hydroxyl groups excluding tert-OH is 1. The molecule has 0 aromatic heterocycles. The number of rotatable bonds is 2. The van der Waals surface area contributed by atoms with E-state index in [2.05, 4.69) is 20.8 Å². The summed E-state index contributed by atoms with van der Waals surface area (Å²) < 4.78 is 12.8. The van der Waals surface area contributed by atoms with E-state index < -0.39 is 12.1 Å². The molecule has 3 nitrogen and oxygen atoms in total. The molecule has 1 N–H and O–H groups in total. The number of allylic oxidation sites excluding steroid dienone is 1. The quantitative estimate of drug-likeness (QED) is 0.747. The fourth-order valence-corrected chi connectivity index (χ4v) is 8.49. The van der Waals surface area contributed by atoms with Gasteiger partial charge in [-0.2, -0.15) is 0 Å². The summed E-state index contributed by atoms with van der Waals surface area (Å²) in [6, 6.07) is -0.669. The summed E-state index contributed by atoms with van der Waals surface area (Å²) in [6.45, 7) is 6.54. The molecule has 0 aromatic rings. The SMILES string of the molecule is C[C@@H]1C[C@H]2[C@@H]3CCC4=CC(=O)CC[C@]4(C)[C@H]3[C@@H](O)C[C@]2(C)[C@H]1C(=O)SCF. The predicted octanol–water partition coefficient (Wildman–Crippen LogP) is 4.54. The maximum atomic E-state index is 12.8. The van der Waals surface area contributed by atoms with Gasteiger partial charge in [0, 0.05) is 12.3 Å². The van der Waals surface area contributed by atoms with Crippen molar-refractivity contribution < 1.29 is 19.1 Å².